The molecule has 3 rings (SSSR count). The van der Waals surface area contributed by atoms with Crippen molar-refractivity contribution in [3.8, 4) is 17.2 Å². The van der Waals surface area contributed by atoms with Crippen molar-refractivity contribution in [3.63, 3.8) is 0 Å². The molecule has 0 bridgehead atoms. The number of carbonyl (C=O) groups is 1. The van der Waals surface area contributed by atoms with Gasteiger partial charge in [-0.05, 0) is 66.6 Å². The van der Waals surface area contributed by atoms with Crippen LogP contribution >= 0.6 is 23.2 Å². The Morgan fingerprint density at radius 2 is 1.81 bits per heavy atom. The Bertz CT molecular complexity index is 1120. The molecule has 0 fully saturated rings. The van der Waals surface area contributed by atoms with Crippen LogP contribution in [0.15, 0.2) is 65.8 Å². The molecule has 0 saturated heterocycles. The van der Waals surface area contributed by atoms with Gasteiger partial charge in [0.05, 0.1) is 25.0 Å². The summed E-state index contributed by atoms with van der Waals surface area (Å²) in [6.07, 6.45) is 1.50. The number of nitrogens with one attached hydrogen (secondary N) is 1. The van der Waals surface area contributed by atoms with Crippen LogP contribution in [0.25, 0.3) is 0 Å². The van der Waals surface area contributed by atoms with Crippen LogP contribution in [0.3, 0.4) is 0 Å². The molecule has 1 amide bonds. The van der Waals surface area contributed by atoms with Gasteiger partial charge < -0.3 is 14.2 Å². The highest BCUT2D eigenvalue weighted by atomic mass is 35.5. The second-order valence-electron chi connectivity index (χ2n) is 6.61. The third-order valence-electron chi connectivity index (χ3n) is 4.34. The molecule has 0 radical (unpaired) electrons. The highest BCUT2D eigenvalue weighted by Crippen LogP contribution is 2.28. The van der Waals surface area contributed by atoms with E-state index < -0.39 is 0 Å². The summed E-state index contributed by atoms with van der Waals surface area (Å²) >= 11 is 12.3. The first-order valence-corrected chi connectivity index (χ1v) is 10.6. The molecule has 0 unspecified atom stereocenters. The fraction of sp³-hybridized carbons (Fsp3) is 0.167. The summed E-state index contributed by atoms with van der Waals surface area (Å²) in [6.45, 7) is 2.72. The third-order valence-corrected chi connectivity index (χ3v) is 4.88. The third kappa shape index (κ3) is 6.39. The van der Waals surface area contributed by atoms with Gasteiger partial charge in [-0.2, -0.15) is 5.10 Å². The van der Waals surface area contributed by atoms with E-state index in [4.69, 9.17) is 37.4 Å². The van der Waals surface area contributed by atoms with Gasteiger partial charge in [-0.3, -0.25) is 4.79 Å². The Labute approximate surface area is 196 Å². The predicted octanol–water partition coefficient (Wildman–Crippen LogP) is 5.74. The number of benzene rings is 3. The highest BCUT2D eigenvalue weighted by molar-refractivity contribution is 6.32. The Kier molecular flexibility index (Phi) is 8.36. The average Bonchev–Trinajstić information content (AvgIpc) is 2.79. The van der Waals surface area contributed by atoms with Crippen LogP contribution in [-0.2, 0) is 6.61 Å². The van der Waals surface area contributed by atoms with Gasteiger partial charge in [0.15, 0.2) is 11.5 Å². The molecule has 3 aromatic rings. The summed E-state index contributed by atoms with van der Waals surface area (Å²) in [5, 5.41) is 5.07. The number of ether oxygens (including phenoxy) is 3. The number of halogens is 2. The summed E-state index contributed by atoms with van der Waals surface area (Å²) in [6, 6.07) is 17.6. The Morgan fingerprint density at radius 3 is 2.53 bits per heavy atom. The van der Waals surface area contributed by atoms with Crippen molar-refractivity contribution < 1.29 is 19.0 Å². The van der Waals surface area contributed by atoms with E-state index in [9.17, 15) is 4.79 Å². The quantitative estimate of drug-likeness (QED) is 0.318. The van der Waals surface area contributed by atoms with Crippen LogP contribution in [0.1, 0.15) is 28.4 Å². The predicted molar refractivity (Wildman–Crippen MR) is 126 cm³/mol. The first-order chi connectivity index (χ1) is 15.5. The lowest BCUT2D eigenvalue weighted by atomic mass is 10.2. The molecular weight excluding hydrogens is 451 g/mol. The highest BCUT2D eigenvalue weighted by Gasteiger charge is 2.10. The van der Waals surface area contributed by atoms with Crippen molar-refractivity contribution in [1.82, 2.24) is 5.43 Å². The summed E-state index contributed by atoms with van der Waals surface area (Å²) < 4.78 is 16.5. The molecule has 0 heterocycles. The number of hydrazone groups is 1. The van der Waals surface area contributed by atoms with Crippen LogP contribution in [0, 0.1) is 0 Å². The maximum Gasteiger partial charge on any atom is 0.271 e. The number of rotatable bonds is 9. The second-order valence-corrected chi connectivity index (χ2v) is 7.45. The van der Waals surface area contributed by atoms with Crippen LogP contribution < -0.4 is 19.6 Å². The SMILES string of the molecule is CCOc1ccc(C(=O)N/N=C/c2ccc(OCc3cccc(Cl)c3)c(Cl)c2)cc1OC. The summed E-state index contributed by atoms with van der Waals surface area (Å²) in [5.41, 5.74) is 4.52. The zero-order chi connectivity index (χ0) is 22.9. The summed E-state index contributed by atoms with van der Waals surface area (Å²) in [5.74, 6) is 1.20. The van der Waals surface area contributed by atoms with Crippen molar-refractivity contribution in [2.24, 2.45) is 5.10 Å². The molecule has 8 heteroatoms. The fourth-order valence-electron chi connectivity index (χ4n) is 2.82. The molecule has 0 spiro atoms. The molecule has 0 aliphatic heterocycles. The van der Waals surface area contributed by atoms with Crippen molar-refractivity contribution in [2.75, 3.05) is 13.7 Å². The molecular formula is C24H22Cl2N2O4. The average molecular weight is 473 g/mol. The topological polar surface area (TPSA) is 69.2 Å². The van der Waals surface area contributed by atoms with Crippen molar-refractivity contribution in [3.05, 3.63) is 87.4 Å². The van der Waals surface area contributed by atoms with Crippen LogP contribution in [-0.4, -0.2) is 25.8 Å². The Hall–Kier alpha value is -3.22. The lowest BCUT2D eigenvalue weighted by Crippen LogP contribution is -2.17. The largest absolute Gasteiger partial charge is 0.493 e. The molecule has 0 aliphatic rings. The van der Waals surface area contributed by atoms with Gasteiger partial charge in [-0.1, -0.05) is 35.3 Å². The van der Waals surface area contributed by atoms with Gasteiger partial charge in [0.25, 0.3) is 5.91 Å². The lowest BCUT2D eigenvalue weighted by molar-refractivity contribution is 0.0954. The minimum Gasteiger partial charge on any atom is -0.493 e. The molecule has 0 atom stereocenters. The van der Waals surface area contributed by atoms with E-state index in [1.807, 2.05) is 25.1 Å². The van der Waals surface area contributed by atoms with Crippen LogP contribution in [0.4, 0.5) is 0 Å². The van der Waals surface area contributed by atoms with E-state index >= 15 is 0 Å². The fourth-order valence-corrected chi connectivity index (χ4v) is 3.27. The van der Waals surface area contributed by atoms with Gasteiger partial charge in [-0.15, -0.1) is 0 Å². The summed E-state index contributed by atoms with van der Waals surface area (Å²) in [7, 11) is 1.52. The van der Waals surface area contributed by atoms with Crippen molar-refractivity contribution >= 4 is 35.3 Å². The molecule has 0 saturated carbocycles. The van der Waals surface area contributed by atoms with Gasteiger partial charge in [-0.25, -0.2) is 5.43 Å². The van der Waals surface area contributed by atoms with E-state index in [-0.39, 0.29) is 5.91 Å². The van der Waals surface area contributed by atoms with E-state index in [0.717, 1.165) is 5.56 Å². The minimum absolute atomic E-state index is 0.343. The second kappa shape index (κ2) is 11.4. The van der Waals surface area contributed by atoms with Gasteiger partial charge >= 0.3 is 0 Å². The van der Waals surface area contributed by atoms with E-state index in [2.05, 4.69) is 10.5 Å². The molecule has 0 aliphatic carbocycles. The molecule has 166 valence electrons. The van der Waals surface area contributed by atoms with E-state index in [1.165, 1.54) is 13.3 Å². The standard InChI is InChI=1S/C24H22Cl2N2O4/c1-3-31-22-10-8-18(13-23(22)30-2)24(29)28-27-14-16-7-9-21(20(26)12-16)32-15-17-5-4-6-19(25)11-17/h4-14H,3,15H2,1-2H3,(H,28,29)/b27-14+. The smallest absolute Gasteiger partial charge is 0.271 e. The number of hydrogen-bond donors (Lipinski definition) is 1. The van der Waals surface area contributed by atoms with E-state index in [1.54, 1.807) is 42.5 Å². The van der Waals surface area contributed by atoms with Gasteiger partial charge in [0.1, 0.15) is 12.4 Å². The monoisotopic (exact) mass is 472 g/mol. The summed E-state index contributed by atoms with van der Waals surface area (Å²) in [4.78, 5) is 12.4. The lowest BCUT2D eigenvalue weighted by Gasteiger charge is -2.10. The van der Waals surface area contributed by atoms with Crippen LogP contribution in [0.2, 0.25) is 10.0 Å². The van der Waals surface area contributed by atoms with Crippen LogP contribution in [0.5, 0.6) is 17.2 Å². The zero-order valence-corrected chi connectivity index (χ0v) is 19.1. The first kappa shape index (κ1) is 23.4. The number of hydrogen-bond acceptors (Lipinski definition) is 5. The Morgan fingerprint density at radius 1 is 1.00 bits per heavy atom. The van der Waals surface area contributed by atoms with Gasteiger partial charge in [0, 0.05) is 10.6 Å². The molecule has 32 heavy (non-hydrogen) atoms. The van der Waals surface area contributed by atoms with Crippen molar-refractivity contribution in [1.29, 1.82) is 0 Å². The number of methoxy groups -OCH3 is 1. The molecule has 0 aromatic heterocycles. The molecule has 6 nitrogen and oxygen atoms in total. The normalized spacial score (nSPS) is 10.8. The Balaban J connectivity index is 1.59. The molecule has 1 N–H and O–H groups in total. The number of carbonyl (C=O) groups excluding carboxylic acids is 1. The van der Waals surface area contributed by atoms with E-state index in [0.29, 0.717) is 51.6 Å². The number of nitrogens with zero attached hydrogens (tertiary/aromatic N) is 1. The zero-order valence-electron chi connectivity index (χ0n) is 17.6. The minimum atomic E-state index is -0.379. The maximum atomic E-state index is 12.4. The van der Waals surface area contributed by atoms with Crippen molar-refractivity contribution in [2.45, 2.75) is 13.5 Å². The maximum absolute atomic E-state index is 12.4. The van der Waals surface area contributed by atoms with Gasteiger partial charge in [0.2, 0.25) is 0 Å². The molecule has 3 aromatic carbocycles. The first-order valence-electron chi connectivity index (χ1n) is 9.81. The number of amides is 1.